The zero-order valence-electron chi connectivity index (χ0n) is 10.7. The lowest BCUT2D eigenvalue weighted by atomic mass is 10.1. The van der Waals surface area contributed by atoms with Crippen LogP contribution in [0.2, 0.25) is 0 Å². The van der Waals surface area contributed by atoms with E-state index in [1.54, 1.807) is 26.2 Å². The van der Waals surface area contributed by atoms with Gasteiger partial charge in [-0.15, -0.1) is 0 Å². The SMILES string of the molecule is COC(C)CNS(=O)(=O)Cc1cccc(CN)c1. The summed E-state index contributed by atoms with van der Waals surface area (Å²) in [6.45, 7) is 2.48. The molecule has 0 aliphatic rings. The van der Waals surface area contributed by atoms with Gasteiger partial charge in [-0.1, -0.05) is 24.3 Å². The Hall–Kier alpha value is -0.950. The van der Waals surface area contributed by atoms with E-state index in [0.717, 1.165) is 11.1 Å². The molecule has 0 spiro atoms. The third-order valence-corrected chi connectivity index (χ3v) is 3.90. The van der Waals surface area contributed by atoms with Crippen LogP contribution in [0.5, 0.6) is 0 Å². The summed E-state index contributed by atoms with van der Waals surface area (Å²) in [5.74, 6) is -0.0444. The Balaban J connectivity index is 2.64. The van der Waals surface area contributed by atoms with E-state index in [1.165, 1.54) is 0 Å². The van der Waals surface area contributed by atoms with Crippen molar-refractivity contribution in [3.05, 3.63) is 35.4 Å². The lowest BCUT2D eigenvalue weighted by Gasteiger charge is -2.11. The molecule has 0 aliphatic carbocycles. The first kappa shape index (κ1) is 15.1. The van der Waals surface area contributed by atoms with Crippen LogP contribution < -0.4 is 10.5 Å². The molecule has 1 atom stereocenters. The van der Waals surface area contributed by atoms with Crippen LogP contribution in [-0.4, -0.2) is 28.2 Å². The third kappa shape index (κ3) is 5.14. The van der Waals surface area contributed by atoms with Crippen molar-refractivity contribution in [2.24, 2.45) is 5.73 Å². The van der Waals surface area contributed by atoms with Gasteiger partial charge in [0.15, 0.2) is 0 Å². The van der Waals surface area contributed by atoms with Gasteiger partial charge in [0.05, 0.1) is 11.9 Å². The fourth-order valence-corrected chi connectivity index (χ4v) is 2.65. The van der Waals surface area contributed by atoms with Crippen molar-refractivity contribution < 1.29 is 13.2 Å². The fraction of sp³-hybridized carbons (Fsp3) is 0.500. The van der Waals surface area contributed by atoms with Crippen molar-refractivity contribution in [3.63, 3.8) is 0 Å². The zero-order valence-corrected chi connectivity index (χ0v) is 11.5. The Morgan fingerprint density at radius 1 is 1.39 bits per heavy atom. The predicted octanol–water partition coefficient (Wildman–Crippen LogP) is 0.600. The summed E-state index contributed by atoms with van der Waals surface area (Å²) < 4.78 is 31.1. The molecular formula is C12H20N2O3S. The summed E-state index contributed by atoms with van der Waals surface area (Å²) in [6, 6.07) is 7.26. The molecule has 1 rings (SSSR count). The number of benzene rings is 1. The molecule has 0 aliphatic heterocycles. The van der Waals surface area contributed by atoms with Crippen molar-refractivity contribution in [2.75, 3.05) is 13.7 Å². The normalized spacial score (nSPS) is 13.5. The molecule has 1 unspecified atom stereocenters. The first-order valence-corrected chi connectivity index (χ1v) is 7.40. The van der Waals surface area contributed by atoms with Crippen molar-refractivity contribution in [3.8, 4) is 0 Å². The summed E-state index contributed by atoms with van der Waals surface area (Å²) in [7, 11) is -1.79. The number of ether oxygens (including phenoxy) is 1. The lowest BCUT2D eigenvalue weighted by molar-refractivity contribution is 0.122. The van der Waals surface area contributed by atoms with Gasteiger partial charge in [-0.25, -0.2) is 13.1 Å². The number of hydrogen-bond acceptors (Lipinski definition) is 4. The van der Waals surface area contributed by atoms with Crippen LogP contribution in [0.4, 0.5) is 0 Å². The van der Waals surface area contributed by atoms with Crippen LogP contribution >= 0.6 is 0 Å². The average molecular weight is 272 g/mol. The van der Waals surface area contributed by atoms with Gasteiger partial charge in [0, 0.05) is 20.2 Å². The summed E-state index contributed by atoms with van der Waals surface area (Å²) in [4.78, 5) is 0. The fourth-order valence-electron chi connectivity index (χ4n) is 1.44. The molecule has 6 heteroatoms. The molecule has 1 aromatic carbocycles. The standard InChI is InChI=1S/C12H20N2O3S/c1-10(17-2)8-14-18(15,16)9-12-5-3-4-11(6-12)7-13/h3-6,10,14H,7-9,13H2,1-2H3. The summed E-state index contributed by atoms with van der Waals surface area (Å²) in [5, 5.41) is 0. The monoisotopic (exact) mass is 272 g/mol. The number of methoxy groups -OCH3 is 1. The minimum absolute atomic E-state index is 0.0444. The molecular weight excluding hydrogens is 252 g/mol. The first-order chi connectivity index (χ1) is 8.46. The highest BCUT2D eigenvalue weighted by atomic mass is 32.2. The maximum absolute atomic E-state index is 11.8. The zero-order chi connectivity index (χ0) is 13.6. The molecule has 0 aromatic heterocycles. The van der Waals surface area contributed by atoms with E-state index < -0.39 is 10.0 Å². The van der Waals surface area contributed by atoms with Gasteiger partial charge in [0.1, 0.15) is 0 Å². The van der Waals surface area contributed by atoms with Crippen LogP contribution in [0.25, 0.3) is 0 Å². The van der Waals surface area contributed by atoms with Crippen LogP contribution in [-0.2, 0) is 27.1 Å². The second-order valence-electron chi connectivity index (χ2n) is 4.18. The molecule has 3 N–H and O–H groups in total. The minimum atomic E-state index is -3.34. The lowest BCUT2D eigenvalue weighted by Crippen LogP contribution is -2.32. The molecule has 0 saturated heterocycles. The number of nitrogens with one attached hydrogen (secondary N) is 1. The maximum atomic E-state index is 11.8. The molecule has 0 bridgehead atoms. The highest BCUT2D eigenvalue weighted by Crippen LogP contribution is 2.08. The van der Waals surface area contributed by atoms with E-state index in [9.17, 15) is 8.42 Å². The van der Waals surface area contributed by atoms with E-state index in [4.69, 9.17) is 10.5 Å². The summed E-state index contributed by atoms with van der Waals surface area (Å²) >= 11 is 0. The smallest absolute Gasteiger partial charge is 0.215 e. The van der Waals surface area contributed by atoms with Crippen molar-refractivity contribution in [1.82, 2.24) is 4.72 Å². The molecule has 0 amide bonds. The summed E-state index contributed by atoms with van der Waals surface area (Å²) in [6.07, 6.45) is -0.143. The van der Waals surface area contributed by atoms with E-state index in [1.807, 2.05) is 12.1 Å². The van der Waals surface area contributed by atoms with Gasteiger partial charge in [-0.2, -0.15) is 0 Å². The molecule has 0 heterocycles. The Morgan fingerprint density at radius 3 is 2.67 bits per heavy atom. The van der Waals surface area contributed by atoms with Crippen LogP contribution in [0, 0.1) is 0 Å². The molecule has 0 fully saturated rings. The maximum Gasteiger partial charge on any atom is 0.215 e. The first-order valence-electron chi connectivity index (χ1n) is 5.75. The Bertz CT molecular complexity index is 474. The minimum Gasteiger partial charge on any atom is -0.380 e. The van der Waals surface area contributed by atoms with E-state index in [0.29, 0.717) is 6.54 Å². The second-order valence-corrected chi connectivity index (χ2v) is 5.98. The molecule has 18 heavy (non-hydrogen) atoms. The van der Waals surface area contributed by atoms with Gasteiger partial charge in [-0.05, 0) is 18.1 Å². The number of sulfonamides is 1. The predicted molar refractivity (Wildman–Crippen MR) is 71.4 cm³/mol. The number of rotatable bonds is 7. The number of hydrogen-bond donors (Lipinski definition) is 2. The molecule has 5 nitrogen and oxygen atoms in total. The van der Waals surface area contributed by atoms with Crippen molar-refractivity contribution in [1.29, 1.82) is 0 Å². The Kier molecular flexibility index (Phi) is 5.74. The van der Waals surface area contributed by atoms with E-state index in [-0.39, 0.29) is 18.4 Å². The molecule has 0 radical (unpaired) electrons. The third-order valence-electron chi connectivity index (χ3n) is 2.58. The van der Waals surface area contributed by atoms with Gasteiger partial charge in [0.2, 0.25) is 10.0 Å². The second kappa shape index (κ2) is 6.84. The molecule has 102 valence electrons. The van der Waals surface area contributed by atoms with Gasteiger partial charge < -0.3 is 10.5 Å². The topological polar surface area (TPSA) is 81.4 Å². The van der Waals surface area contributed by atoms with Crippen molar-refractivity contribution in [2.45, 2.75) is 25.3 Å². The Morgan fingerprint density at radius 2 is 2.06 bits per heavy atom. The van der Waals surface area contributed by atoms with Gasteiger partial charge in [-0.3, -0.25) is 0 Å². The highest BCUT2D eigenvalue weighted by Gasteiger charge is 2.13. The average Bonchev–Trinajstić information content (AvgIpc) is 2.35. The molecule has 1 aromatic rings. The Labute approximate surface area is 108 Å². The van der Waals surface area contributed by atoms with E-state index >= 15 is 0 Å². The quantitative estimate of drug-likeness (QED) is 0.761. The van der Waals surface area contributed by atoms with Crippen LogP contribution in [0.3, 0.4) is 0 Å². The van der Waals surface area contributed by atoms with E-state index in [2.05, 4.69) is 4.72 Å². The highest BCUT2D eigenvalue weighted by molar-refractivity contribution is 7.88. The van der Waals surface area contributed by atoms with Crippen molar-refractivity contribution >= 4 is 10.0 Å². The number of nitrogens with two attached hydrogens (primary N) is 1. The largest absolute Gasteiger partial charge is 0.380 e. The van der Waals surface area contributed by atoms with Gasteiger partial charge >= 0.3 is 0 Å². The van der Waals surface area contributed by atoms with Gasteiger partial charge in [0.25, 0.3) is 0 Å². The van der Waals surface area contributed by atoms with Crippen LogP contribution in [0.15, 0.2) is 24.3 Å². The summed E-state index contributed by atoms with van der Waals surface area (Å²) in [5.41, 5.74) is 7.17. The van der Waals surface area contributed by atoms with Crippen LogP contribution in [0.1, 0.15) is 18.1 Å². The molecule has 0 saturated carbocycles.